The van der Waals surface area contributed by atoms with Crippen molar-refractivity contribution >= 4 is 0 Å². The molecule has 0 aromatic carbocycles. The minimum Gasteiger partial charge on any atom is -0.383 e. The standard InChI is InChI=1S/C13H25NO/c1-9(2)11(5)14-12-7-6-8-13(12)15-10(3)4/h9-10,12-14H,5-8H2,1-4H3. The van der Waals surface area contributed by atoms with Gasteiger partial charge in [-0.05, 0) is 39.0 Å². The van der Waals surface area contributed by atoms with Gasteiger partial charge in [0.15, 0.2) is 0 Å². The lowest BCUT2D eigenvalue weighted by molar-refractivity contribution is -0.00104. The molecule has 1 N–H and O–H groups in total. The van der Waals surface area contributed by atoms with Crippen LogP contribution in [0.15, 0.2) is 12.3 Å². The normalized spacial score (nSPS) is 26.3. The van der Waals surface area contributed by atoms with E-state index in [0.29, 0.717) is 24.2 Å². The number of nitrogens with one attached hydrogen (secondary N) is 1. The van der Waals surface area contributed by atoms with E-state index >= 15 is 0 Å². The molecule has 2 atom stereocenters. The van der Waals surface area contributed by atoms with E-state index in [-0.39, 0.29) is 0 Å². The molecule has 1 rings (SSSR count). The molecule has 0 bridgehead atoms. The van der Waals surface area contributed by atoms with Gasteiger partial charge in [0.05, 0.1) is 18.2 Å². The smallest absolute Gasteiger partial charge is 0.0779 e. The molecule has 2 nitrogen and oxygen atoms in total. The highest BCUT2D eigenvalue weighted by atomic mass is 16.5. The summed E-state index contributed by atoms with van der Waals surface area (Å²) in [5, 5.41) is 3.51. The Kier molecular flexibility index (Phi) is 4.65. The topological polar surface area (TPSA) is 21.3 Å². The average molecular weight is 211 g/mol. The van der Waals surface area contributed by atoms with Crippen molar-refractivity contribution in [2.75, 3.05) is 0 Å². The Bertz CT molecular complexity index is 211. The monoisotopic (exact) mass is 211 g/mol. The highest BCUT2D eigenvalue weighted by Gasteiger charge is 2.28. The fourth-order valence-electron chi connectivity index (χ4n) is 2.01. The van der Waals surface area contributed by atoms with E-state index in [1.54, 1.807) is 0 Å². The van der Waals surface area contributed by atoms with E-state index in [1.165, 1.54) is 19.3 Å². The van der Waals surface area contributed by atoms with E-state index in [4.69, 9.17) is 4.74 Å². The molecule has 1 aliphatic rings. The van der Waals surface area contributed by atoms with Gasteiger partial charge in [-0.15, -0.1) is 0 Å². The van der Waals surface area contributed by atoms with Crippen LogP contribution >= 0.6 is 0 Å². The Morgan fingerprint density at radius 3 is 2.47 bits per heavy atom. The van der Waals surface area contributed by atoms with Gasteiger partial charge in [0.2, 0.25) is 0 Å². The van der Waals surface area contributed by atoms with Crippen molar-refractivity contribution in [3.63, 3.8) is 0 Å². The van der Waals surface area contributed by atoms with Crippen molar-refractivity contribution in [3.8, 4) is 0 Å². The van der Waals surface area contributed by atoms with Gasteiger partial charge in [-0.1, -0.05) is 20.4 Å². The molecule has 0 heterocycles. The molecule has 2 heteroatoms. The van der Waals surface area contributed by atoms with Crippen molar-refractivity contribution < 1.29 is 4.74 Å². The summed E-state index contributed by atoms with van der Waals surface area (Å²) in [6, 6.07) is 0.474. The lowest BCUT2D eigenvalue weighted by Crippen LogP contribution is -2.38. The first-order valence-corrected chi connectivity index (χ1v) is 6.11. The average Bonchev–Trinajstić information content (AvgIpc) is 2.51. The summed E-state index contributed by atoms with van der Waals surface area (Å²) in [4.78, 5) is 0. The quantitative estimate of drug-likeness (QED) is 0.754. The van der Waals surface area contributed by atoms with Gasteiger partial charge in [-0.2, -0.15) is 0 Å². The number of hydrogen-bond donors (Lipinski definition) is 1. The van der Waals surface area contributed by atoms with Crippen LogP contribution in [0.25, 0.3) is 0 Å². The van der Waals surface area contributed by atoms with Crippen molar-refractivity contribution in [2.24, 2.45) is 5.92 Å². The van der Waals surface area contributed by atoms with E-state index in [9.17, 15) is 0 Å². The minimum atomic E-state index is 0.324. The van der Waals surface area contributed by atoms with Crippen LogP contribution in [-0.4, -0.2) is 18.2 Å². The zero-order chi connectivity index (χ0) is 11.4. The van der Waals surface area contributed by atoms with Gasteiger partial charge >= 0.3 is 0 Å². The van der Waals surface area contributed by atoms with Crippen molar-refractivity contribution in [1.82, 2.24) is 5.32 Å². The maximum absolute atomic E-state index is 5.90. The second-order valence-electron chi connectivity index (χ2n) is 5.08. The Morgan fingerprint density at radius 1 is 1.27 bits per heavy atom. The SMILES string of the molecule is C=C(NC1CCCC1OC(C)C)C(C)C. The van der Waals surface area contributed by atoms with Crippen LogP contribution in [0.3, 0.4) is 0 Å². The molecule has 0 aliphatic heterocycles. The molecular formula is C13H25NO. The van der Waals surface area contributed by atoms with Gasteiger partial charge in [0, 0.05) is 5.70 Å². The van der Waals surface area contributed by atoms with E-state index < -0.39 is 0 Å². The van der Waals surface area contributed by atoms with Gasteiger partial charge in [0.1, 0.15) is 0 Å². The highest BCUT2D eigenvalue weighted by Crippen LogP contribution is 2.24. The zero-order valence-corrected chi connectivity index (χ0v) is 10.5. The Hall–Kier alpha value is -0.500. The number of ether oxygens (including phenoxy) is 1. The number of allylic oxidation sites excluding steroid dienone is 1. The molecule has 0 amide bonds. The zero-order valence-electron chi connectivity index (χ0n) is 10.5. The van der Waals surface area contributed by atoms with Gasteiger partial charge in [-0.25, -0.2) is 0 Å². The lowest BCUT2D eigenvalue weighted by atomic mass is 10.1. The summed E-state index contributed by atoms with van der Waals surface area (Å²) in [6.45, 7) is 12.6. The molecule has 0 saturated heterocycles. The molecule has 1 fully saturated rings. The summed E-state index contributed by atoms with van der Waals surface area (Å²) < 4.78 is 5.90. The summed E-state index contributed by atoms with van der Waals surface area (Å²) in [5.41, 5.74) is 1.14. The van der Waals surface area contributed by atoms with Crippen LogP contribution < -0.4 is 5.32 Å². The second kappa shape index (κ2) is 5.55. The Balaban J connectivity index is 2.42. The highest BCUT2D eigenvalue weighted by molar-refractivity contribution is 5.00. The first-order chi connectivity index (χ1) is 7.00. The molecule has 2 unspecified atom stereocenters. The first-order valence-electron chi connectivity index (χ1n) is 6.11. The van der Waals surface area contributed by atoms with Crippen molar-refractivity contribution in [1.29, 1.82) is 0 Å². The van der Waals surface area contributed by atoms with Crippen LogP contribution in [0, 0.1) is 5.92 Å². The fourth-order valence-corrected chi connectivity index (χ4v) is 2.01. The molecule has 15 heavy (non-hydrogen) atoms. The van der Waals surface area contributed by atoms with E-state index in [0.717, 1.165) is 5.70 Å². The van der Waals surface area contributed by atoms with Crippen LogP contribution in [-0.2, 0) is 4.74 Å². The summed E-state index contributed by atoms with van der Waals surface area (Å²) in [5.74, 6) is 0.505. The lowest BCUT2D eigenvalue weighted by Gasteiger charge is -2.26. The van der Waals surface area contributed by atoms with Crippen LogP contribution in [0.4, 0.5) is 0 Å². The van der Waals surface area contributed by atoms with Gasteiger partial charge < -0.3 is 10.1 Å². The Labute approximate surface area is 94.1 Å². The van der Waals surface area contributed by atoms with Crippen LogP contribution in [0.5, 0.6) is 0 Å². The minimum absolute atomic E-state index is 0.324. The molecule has 0 aromatic rings. The molecule has 1 aliphatic carbocycles. The molecule has 88 valence electrons. The second-order valence-corrected chi connectivity index (χ2v) is 5.08. The van der Waals surface area contributed by atoms with Crippen molar-refractivity contribution in [2.45, 2.75) is 65.2 Å². The predicted octanol–water partition coefficient (Wildman–Crippen LogP) is 3.09. The maximum atomic E-state index is 5.90. The van der Waals surface area contributed by atoms with E-state index in [1.807, 2.05) is 0 Å². The van der Waals surface area contributed by atoms with Gasteiger partial charge in [0.25, 0.3) is 0 Å². The summed E-state index contributed by atoms with van der Waals surface area (Å²) in [6.07, 6.45) is 4.36. The van der Waals surface area contributed by atoms with Crippen molar-refractivity contribution in [3.05, 3.63) is 12.3 Å². The third-order valence-electron chi connectivity index (χ3n) is 2.97. The third kappa shape index (κ3) is 3.86. The molecule has 0 spiro atoms. The first kappa shape index (κ1) is 12.6. The van der Waals surface area contributed by atoms with Crippen LogP contribution in [0.1, 0.15) is 47.0 Å². The summed E-state index contributed by atoms with van der Waals surface area (Å²) in [7, 11) is 0. The van der Waals surface area contributed by atoms with E-state index in [2.05, 4.69) is 39.6 Å². The van der Waals surface area contributed by atoms with Gasteiger partial charge in [-0.3, -0.25) is 0 Å². The largest absolute Gasteiger partial charge is 0.383 e. The number of rotatable bonds is 5. The molecule has 0 aromatic heterocycles. The molecule has 1 saturated carbocycles. The molecule has 0 radical (unpaired) electrons. The Morgan fingerprint density at radius 2 is 1.93 bits per heavy atom. The summed E-state index contributed by atoms with van der Waals surface area (Å²) >= 11 is 0. The molecular weight excluding hydrogens is 186 g/mol. The fraction of sp³-hybridized carbons (Fsp3) is 0.846. The third-order valence-corrected chi connectivity index (χ3v) is 2.97. The number of hydrogen-bond acceptors (Lipinski definition) is 2. The van der Waals surface area contributed by atoms with Crippen LogP contribution in [0.2, 0.25) is 0 Å². The maximum Gasteiger partial charge on any atom is 0.0779 e. The predicted molar refractivity (Wildman–Crippen MR) is 64.8 cm³/mol.